The van der Waals surface area contributed by atoms with Crippen molar-refractivity contribution in [1.82, 2.24) is 9.97 Å². The first kappa shape index (κ1) is 13.4. The van der Waals surface area contributed by atoms with Gasteiger partial charge in [-0.15, -0.1) is 11.3 Å². The highest BCUT2D eigenvalue weighted by molar-refractivity contribution is 7.14. The van der Waals surface area contributed by atoms with Crippen molar-refractivity contribution in [2.24, 2.45) is 0 Å². The summed E-state index contributed by atoms with van der Waals surface area (Å²) in [7, 11) is 1.61. The molecule has 0 amide bonds. The van der Waals surface area contributed by atoms with Crippen LogP contribution >= 0.6 is 11.3 Å². The van der Waals surface area contributed by atoms with Gasteiger partial charge in [0.2, 0.25) is 0 Å². The molecule has 1 aromatic carbocycles. The van der Waals surface area contributed by atoms with Crippen molar-refractivity contribution in [3.05, 3.63) is 48.1 Å². The number of ether oxygens (including phenoxy) is 1. The highest BCUT2D eigenvalue weighted by atomic mass is 32.1. The third-order valence-electron chi connectivity index (χ3n) is 2.93. The van der Waals surface area contributed by atoms with Crippen LogP contribution in [0.5, 0.6) is 5.75 Å². The topological polar surface area (TPSA) is 73.1 Å². The number of thiazole rings is 1. The fourth-order valence-corrected chi connectivity index (χ4v) is 2.64. The largest absolute Gasteiger partial charge is 0.494 e. The first-order valence-electron chi connectivity index (χ1n) is 6.33. The van der Waals surface area contributed by atoms with E-state index in [0.29, 0.717) is 11.4 Å². The summed E-state index contributed by atoms with van der Waals surface area (Å²) in [5, 5.41) is 6.03. The lowest BCUT2D eigenvalue weighted by molar-refractivity contribution is 0.417. The molecule has 3 N–H and O–H groups in total. The lowest BCUT2D eigenvalue weighted by Crippen LogP contribution is -1.96. The van der Waals surface area contributed by atoms with Gasteiger partial charge in [0, 0.05) is 35.1 Å². The van der Waals surface area contributed by atoms with Crippen molar-refractivity contribution in [3.8, 4) is 17.0 Å². The number of methoxy groups -OCH3 is 1. The molecule has 0 radical (unpaired) electrons. The van der Waals surface area contributed by atoms with Crippen LogP contribution in [-0.2, 0) is 0 Å². The lowest BCUT2D eigenvalue weighted by atomic mass is 10.2. The summed E-state index contributed by atoms with van der Waals surface area (Å²) in [6.07, 6.45) is 3.54. The first-order valence-corrected chi connectivity index (χ1v) is 7.20. The number of benzene rings is 1. The number of anilines is 3. The van der Waals surface area contributed by atoms with Gasteiger partial charge in [0.25, 0.3) is 0 Å². The second-order valence-corrected chi connectivity index (χ2v) is 5.22. The number of rotatable bonds is 4. The van der Waals surface area contributed by atoms with E-state index >= 15 is 0 Å². The van der Waals surface area contributed by atoms with Crippen LogP contribution in [-0.4, -0.2) is 17.1 Å². The third kappa shape index (κ3) is 2.95. The van der Waals surface area contributed by atoms with Crippen LogP contribution in [0, 0.1) is 0 Å². The summed E-state index contributed by atoms with van der Waals surface area (Å²) < 4.78 is 5.31. The van der Waals surface area contributed by atoms with E-state index in [0.717, 1.165) is 22.1 Å². The Bertz CT molecular complexity index is 742. The van der Waals surface area contributed by atoms with Crippen molar-refractivity contribution in [2.45, 2.75) is 0 Å². The minimum atomic E-state index is 0.660. The van der Waals surface area contributed by atoms with Gasteiger partial charge in [0.05, 0.1) is 18.5 Å². The van der Waals surface area contributed by atoms with E-state index in [4.69, 9.17) is 10.5 Å². The summed E-state index contributed by atoms with van der Waals surface area (Å²) in [6, 6.07) is 9.35. The molecule has 106 valence electrons. The molecule has 5 nitrogen and oxygen atoms in total. The number of nitrogens with one attached hydrogen (secondary N) is 1. The SMILES string of the molecule is COc1cc(N)ccc1Nc1nc(-c2cccnc2)cs1. The van der Waals surface area contributed by atoms with Gasteiger partial charge in [-0.3, -0.25) is 4.98 Å². The summed E-state index contributed by atoms with van der Waals surface area (Å²) in [6.45, 7) is 0. The molecular formula is C15H14N4OS. The fraction of sp³-hybridized carbons (Fsp3) is 0.0667. The maximum atomic E-state index is 5.75. The Hall–Kier alpha value is -2.60. The zero-order chi connectivity index (χ0) is 14.7. The van der Waals surface area contributed by atoms with Crippen molar-refractivity contribution in [3.63, 3.8) is 0 Å². The maximum Gasteiger partial charge on any atom is 0.187 e. The lowest BCUT2D eigenvalue weighted by Gasteiger charge is -2.09. The van der Waals surface area contributed by atoms with Gasteiger partial charge >= 0.3 is 0 Å². The zero-order valence-corrected chi connectivity index (χ0v) is 12.2. The van der Waals surface area contributed by atoms with Gasteiger partial charge in [0.1, 0.15) is 5.75 Å². The van der Waals surface area contributed by atoms with E-state index < -0.39 is 0 Å². The Morgan fingerprint density at radius 3 is 2.95 bits per heavy atom. The molecule has 21 heavy (non-hydrogen) atoms. The fourth-order valence-electron chi connectivity index (χ4n) is 1.90. The number of nitrogens with two attached hydrogens (primary N) is 1. The van der Waals surface area contributed by atoms with E-state index in [-0.39, 0.29) is 0 Å². The number of aromatic nitrogens is 2. The standard InChI is InChI=1S/C15H14N4OS/c1-20-14-7-11(16)4-5-12(14)18-15-19-13(9-21-15)10-3-2-6-17-8-10/h2-9H,16H2,1H3,(H,18,19). The minimum absolute atomic E-state index is 0.660. The molecule has 0 saturated carbocycles. The Labute approximate surface area is 126 Å². The van der Waals surface area contributed by atoms with Crippen LogP contribution in [0.4, 0.5) is 16.5 Å². The molecular weight excluding hydrogens is 284 g/mol. The molecule has 3 rings (SSSR count). The first-order chi connectivity index (χ1) is 10.3. The average Bonchev–Trinajstić information content (AvgIpc) is 2.98. The third-order valence-corrected chi connectivity index (χ3v) is 3.69. The molecule has 0 saturated heterocycles. The highest BCUT2D eigenvalue weighted by Crippen LogP contribution is 2.32. The van der Waals surface area contributed by atoms with Crippen LogP contribution in [0.1, 0.15) is 0 Å². The van der Waals surface area contributed by atoms with E-state index in [1.54, 1.807) is 25.6 Å². The van der Waals surface area contributed by atoms with Crippen molar-refractivity contribution < 1.29 is 4.74 Å². The Balaban J connectivity index is 1.85. The van der Waals surface area contributed by atoms with Crippen LogP contribution in [0.25, 0.3) is 11.3 Å². The quantitative estimate of drug-likeness (QED) is 0.721. The molecule has 0 spiro atoms. The van der Waals surface area contributed by atoms with Gasteiger partial charge < -0.3 is 15.8 Å². The molecule has 2 heterocycles. The molecule has 2 aromatic heterocycles. The van der Waals surface area contributed by atoms with Gasteiger partial charge in [0.15, 0.2) is 5.13 Å². The normalized spacial score (nSPS) is 10.3. The van der Waals surface area contributed by atoms with Crippen LogP contribution in [0.2, 0.25) is 0 Å². The van der Waals surface area contributed by atoms with Gasteiger partial charge in [-0.1, -0.05) is 0 Å². The van der Waals surface area contributed by atoms with Gasteiger partial charge in [-0.05, 0) is 24.3 Å². The molecule has 0 atom stereocenters. The van der Waals surface area contributed by atoms with E-state index in [1.165, 1.54) is 11.3 Å². The maximum absolute atomic E-state index is 5.75. The molecule has 0 aliphatic carbocycles. The van der Waals surface area contributed by atoms with Gasteiger partial charge in [-0.2, -0.15) is 0 Å². The Kier molecular flexibility index (Phi) is 3.70. The molecule has 0 unspecified atom stereocenters. The van der Waals surface area contributed by atoms with E-state index in [1.807, 2.05) is 29.6 Å². The van der Waals surface area contributed by atoms with Crippen LogP contribution in [0.15, 0.2) is 48.1 Å². The van der Waals surface area contributed by atoms with Gasteiger partial charge in [-0.25, -0.2) is 4.98 Å². The minimum Gasteiger partial charge on any atom is -0.494 e. The number of pyridine rings is 1. The Morgan fingerprint density at radius 1 is 1.29 bits per heavy atom. The Morgan fingerprint density at radius 2 is 2.19 bits per heavy atom. The van der Waals surface area contributed by atoms with Crippen molar-refractivity contribution in [2.75, 3.05) is 18.2 Å². The average molecular weight is 298 g/mol. The number of nitrogens with zero attached hydrogens (tertiary/aromatic N) is 2. The molecule has 0 aliphatic heterocycles. The predicted octanol–water partition coefficient (Wildman–Crippen LogP) is 3.54. The van der Waals surface area contributed by atoms with Crippen molar-refractivity contribution >= 4 is 27.8 Å². The predicted molar refractivity (Wildman–Crippen MR) is 86.0 cm³/mol. The highest BCUT2D eigenvalue weighted by Gasteiger charge is 2.08. The number of hydrogen-bond donors (Lipinski definition) is 2. The summed E-state index contributed by atoms with van der Waals surface area (Å²) in [4.78, 5) is 8.66. The number of hydrogen-bond acceptors (Lipinski definition) is 6. The van der Waals surface area contributed by atoms with Crippen LogP contribution in [0.3, 0.4) is 0 Å². The molecule has 6 heteroatoms. The number of nitrogen functional groups attached to an aromatic ring is 1. The van der Waals surface area contributed by atoms with Crippen molar-refractivity contribution in [1.29, 1.82) is 0 Å². The molecule has 0 aliphatic rings. The summed E-state index contributed by atoms with van der Waals surface area (Å²) in [5.41, 5.74) is 9.13. The molecule has 3 aromatic rings. The second-order valence-electron chi connectivity index (χ2n) is 4.36. The molecule has 0 bridgehead atoms. The second kappa shape index (κ2) is 5.80. The zero-order valence-electron chi connectivity index (χ0n) is 11.4. The monoisotopic (exact) mass is 298 g/mol. The van der Waals surface area contributed by atoms with E-state index in [9.17, 15) is 0 Å². The summed E-state index contributed by atoms with van der Waals surface area (Å²) in [5.74, 6) is 0.688. The molecule has 0 fully saturated rings. The summed E-state index contributed by atoms with van der Waals surface area (Å²) >= 11 is 1.53. The smallest absolute Gasteiger partial charge is 0.187 e. The van der Waals surface area contributed by atoms with Crippen LogP contribution < -0.4 is 15.8 Å². The van der Waals surface area contributed by atoms with E-state index in [2.05, 4.69) is 15.3 Å².